The van der Waals surface area contributed by atoms with Crippen molar-refractivity contribution in [2.24, 2.45) is 0 Å². The minimum absolute atomic E-state index is 0.579. The van der Waals surface area contributed by atoms with Gasteiger partial charge in [0.1, 0.15) is 0 Å². The molecule has 0 saturated carbocycles. The van der Waals surface area contributed by atoms with E-state index < -0.39 is 0 Å². The van der Waals surface area contributed by atoms with E-state index in [4.69, 9.17) is 0 Å². The zero-order valence-corrected chi connectivity index (χ0v) is 10.1. The number of nitrogens with one attached hydrogen (secondary N) is 1. The van der Waals surface area contributed by atoms with Crippen molar-refractivity contribution in [1.82, 2.24) is 20.0 Å². The summed E-state index contributed by atoms with van der Waals surface area (Å²) < 4.78 is 0. The van der Waals surface area contributed by atoms with Gasteiger partial charge < -0.3 is 9.80 Å². The molecule has 0 aliphatic carbocycles. The van der Waals surface area contributed by atoms with Gasteiger partial charge in [-0.3, -0.25) is 10.2 Å². The third-order valence-corrected chi connectivity index (χ3v) is 3.55. The van der Waals surface area contributed by atoms with E-state index >= 15 is 0 Å². The molecule has 0 aromatic rings. The second-order valence-corrected chi connectivity index (χ2v) is 4.92. The lowest BCUT2D eigenvalue weighted by molar-refractivity contribution is 0.100. The molecular formula is C11H24N4. The number of rotatable bonds is 1. The van der Waals surface area contributed by atoms with Crippen LogP contribution in [0.5, 0.6) is 0 Å². The van der Waals surface area contributed by atoms with Gasteiger partial charge in [-0.15, -0.1) is 0 Å². The first-order valence-corrected chi connectivity index (χ1v) is 6.10. The topological polar surface area (TPSA) is 21.8 Å². The van der Waals surface area contributed by atoms with Crippen LogP contribution in [0.2, 0.25) is 0 Å². The van der Waals surface area contributed by atoms with Gasteiger partial charge in [0.15, 0.2) is 0 Å². The molecule has 0 bridgehead atoms. The molecular weight excluding hydrogens is 188 g/mol. The summed E-state index contributed by atoms with van der Waals surface area (Å²) in [5.74, 6) is 0. The molecule has 0 amide bonds. The highest BCUT2D eigenvalue weighted by molar-refractivity contribution is 4.80. The van der Waals surface area contributed by atoms with Crippen LogP contribution in [0.15, 0.2) is 0 Å². The van der Waals surface area contributed by atoms with E-state index in [1.54, 1.807) is 0 Å². The van der Waals surface area contributed by atoms with Gasteiger partial charge in [-0.25, -0.2) is 0 Å². The highest BCUT2D eigenvalue weighted by Crippen LogP contribution is 2.07. The fourth-order valence-electron chi connectivity index (χ4n) is 2.50. The molecule has 4 nitrogen and oxygen atoms in total. The normalized spacial score (nSPS) is 32.8. The van der Waals surface area contributed by atoms with Crippen molar-refractivity contribution >= 4 is 0 Å². The van der Waals surface area contributed by atoms with Gasteiger partial charge in [0.05, 0.1) is 6.17 Å². The van der Waals surface area contributed by atoms with Gasteiger partial charge in [0.25, 0.3) is 0 Å². The molecule has 2 aliphatic heterocycles. The third kappa shape index (κ3) is 3.14. The van der Waals surface area contributed by atoms with Crippen molar-refractivity contribution in [3.05, 3.63) is 0 Å². The van der Waals surface area contributed by atoms with Crippen molar-refractivity contribution in [1.29, 1.82) is 0 Å². The van der Waals surface area contributed by atoms with Crippen LogP contribution in [0.4, 0.5) is 0 Å². The van der Waals surface area contributed by atoms with Gasteiger partial charge in [0, 0.05) is 39.3 Å². The Hall–Kier alpha value is -0.160. The Labute approximate surface area is 93.2 Å². The molecule has 1 unspecified atom stereocenters. The van der Waals surface area contributed by atoms with Crippen LogP contribution in [-0.2, 0) is 0 Å². The summed E-state index contributed by atoms with van der Waals surface area (Å²) in [6.45, 7) is 8.40. The summed E-state index contributed by atoms with van der Waals surface area (Å²) in [7, 11) is 4.45. The van der Waals surface area contributed by atoms with Gasteiger partial charge in [-0.1, -0.05) is 0 Å². The average Bonchev–Trinajstić information content (AvgIpc) is 2.43. The van der Waals surface area contributed by atoms with E-state index in [1.165, 1.54) is 45.7 Å². The van der Waals surface area contributed by atoms with Gasteiger partial charge >= 0.3 is 0 Å². The molecule has 1 N–H and O–H groups in total. The van der Waals surface area contributed by atoms with E-state index in [0.717, 1.165) is 6.54 Å². The first kappa shape index (κ1) is 11.3. The molecule has 1 atom stereocenters. The van der Waals surface area contributed by atoms with Crippen LogP contribution in [0, 0.1) is 0 Å². The second-order valence-electron chi connectivity index (χ2n) is 4.92. The van der Waals surface area contributed by atoms with E-state index in [-0.39, 0.29) is 0 Å². The summed E-state index contributed by atoms with van der Waals surface area (Å²) >= 11 is 0. The Balaban J connectivity index is 1.85. The van der Waals surface area contributed by atoms with Crippen molar-refractivity contribution < 1.29 is 0 Å². The maximum atomic E-state index is 3.63. The van der Waals surface area contributed by atoms with E-state index in [2.05, 4.69) is 34.1 Å². The molecule has 2 rings (SSSR count). The molecule has 0 radical (unpaired) electrons. The van der Waals surface area contributed by atoms with Crippen LogP contribution in [0.1, 0.15) is 6.42 Å². The van der Waals surface area contributed by atoms with Crippen molar-refractivity contribution in [2.75, 3.05) is 59.9 Å². The monoisotopic (exact) mass is 212 g/mol. The summed E-state index contributed by atoms with van der Waals surface area (Å²) in [4.78, 5) is 7.47. The molecule has 2 saturated heterocycles. The lowest BCUT2D eigenvalue weighted by atomic mass is 10.2. The molecule has 0 aromatic heterocycles. The molecule has 0 spiro atoms. The first-order valence-electron chi connectivity index (χ1n) is 6.10. The van der Waals surface area contributed by atoms with E-state index in [9.17, 15) is 0 Å². The minimum atomic E-state index is 0.579. The molecule has 88 valence electrons. The van der Waals surface area contributed by atoms with E-state index in [0.29, 0.717) is 6.17 Å². The average molecular weight is 212 g/mol. The maximum absolute atomic E-state index is 3.63. The van der Waals surface area contributed by atoms with Crippen molar-refractivity contribution in [3.8, 4) is 0 Å². The summed E-state index contributed by atoms with van der Waals surface area (Å²) in [6, 6.07) is 0. The Kier molecular flexibility index (Phi) is 3.97. The second kappa shape index (κ2) is 5.25. The Morgan fingerprint density at radius 1 is 0.933 bits per heavy atom. The standard InChI is InChI=1S/C11H24N4/c1-13-5-3-6-15(9-8-13)11-10-14(2)7-4-12-11/h11-12H,3-10H2,1-2H3. The Morgan fingerprint density at radius 3 is 2.60 bits per heavy atom. The van der Waals surface area contributed by atoms with Crippen molar-refractivity contribution in [3.63, 3.8) is 0 Å². The van der Waals surface area contributed by atoms with Crippen LogP contribution in [0.3, 0.4) is 0 Å². The number of likely N-dealkylation sites (N-methyl/N-ethyl adjacent to an activating group) is 2. The third-order valence-electron chi connectivity index (χ3n) is 3.55. The summed E-state index contributed by atoms with van der Waals surface area (Å²) in [5, 5.41) is 3.63. The minimum Gasteiger partial charge on any atom is -0.305 e. The van der Waals surface area contributed by atoms with Gasteiger partial charge in [-0.05, 0) is 27.1 Å². The molecule has 4 heteroatoms. The zero-order valence-electron chi connectivity index (χ0n) is 10.1. The highest BCUT2D eigenvalue weighted by atomic mass is 15.3. The van der Waals surface area contributed by atoms with Crippen LogP contribution in [-0.4, -0.2) is 80.8 Å². The molecule has 0 aromatic carbocycles. The quantitative estimate of drug-likeness (QED) is 0.632. The lowest BCUT2D eigenvalue weighted by Crippen LogP contribution is -2.58. The zero-order chi connectivity index (χ0) is 10.7. The highest BCUT2D eigenvalue weighted by Gasteiger charge is 2.24. The predicted octanol–water partition coefficient (Wildman–Crippen LogP) is -0.515. The van der Waals surface area contributed by atoms with Gasteiger partial charge in [-0.2, -0.15) is 0 Å². The summed E-state index contributed by atoms with van der Waals surface area (Å²) in [5.41, 5.74) is 0. The largest absolute Gasteiger partial charge is 0.305 e. The summed E-state index contributed by atoms with van der Waals surface area (Å²) in [6.07, 6.45) is 1.88. The Bertz CT molecular complexity index is 197. The molecule has 2 fully saturated rings. The smallest absolute Gasteiger partial charge is 0.0729 e. The number of hydrogen-bond donors (Lipinski definition) is 1. The molecule has 15 heavy (non-hydrogen) atoms. The SMILES string of the molecule is CN1CCCN(C2CN(C)CCN2)CC1. The first-order chi connectivity index (χ1) is 7.25. The fourth-order valence-corrected chi connectivity index (χ4v) is 2.50. The Morgan fingerprint density at radius 2 is 1.80 bits per heavy atom. The predicted molar refractivity (Wildman–Crippen MR) is 63.0 cm³/mol. The maximum Gasteiger partial charge on any atom is 0.0729 e. The van der Waals surface area contributed by atoms with Gasteiger partial charge in [0.2, 0.25) is 0 Å². The van der Waals surface area contributed by atoms with Crippen LogP contribution >= 0.6 is 0 Å². The molecule has 2 aliphatic rings. The van der Waals surface area contributed by atoms with E-state index in [1.807, 2.05) is 0 Å². The lowest BCUT2D eigenvalue weighted by Gasteiger charge is -2.38. The van der Waals surface area contributed by atoms with Crippen LogP contribution in [0.25, 0.3) is 0 Å². The molecule has 2 heterocycles. The number of nitrogens with zero attached hydrogens (tertiary/aromatic N) is 3. The number of hydrogen-bond acceptors (Lipinski definition) is 4. The van der Waals surface area contributed by atoms with Crippen molar-refractivity contribution in [2.45, 2.75) is 12.6 Å². The van der Waals surface area contributed by atoms with Crippen LogP contribution < -0.4 is 5.32 Å². The fraction of sp³-hybridized carbons (Fsp3) is 1.00. The number of piperazine rings is 1.